The van der Waals surface area contributed by atoms with Crippen molar-refractivity contribution in [2.75, 3.05) is 5.32 Å². The van der Waals surface area contributed by atoms with Gasteiger partial charge >= 0.3 is 0 Å². The second-order valence-corrected chi connectivity index (χ2v) is 6.61. The zero-order chi connectivity index (χ0) is 13.3. The number of aromatic nitrogens is 1. The summed E-state index contributed by atoms with van der Waals surface area (Å²) in [6.45, 7) is 1.91. The van der Waals surface area contributed by atoms with Crippen molar-refractivity contribution in [1.82, 2.24) is 4.98 Å². The Kier molecular flexibility index (Phi) is 4.34. The SMILES string of the molecule is CC[C@@H](Br)C(=O)Nc1nc2c(Br)cc(F)cc2s1. The summed E-state index contributed by atoms with van der Waals surface area (Å²) >= 11 is 7.77. The molecule has 18 heavy (non-hydrogen) atoms. The molecule has 1 N–H and O–H groups in total. The van der Waals surface area contributed by atoms with E-state index < -0.39 is 0 Å². The van der Waals surface area contributed by atoms with Gasteiger partial charge in [-0.3, -0.25) is 4.79 Å². The molecule has 0 radical (unpaired) electrons. The van der Waals surface area contributed by atoms with E-state index in [1.807, 2.05) is 6.92 Å². The number of fused-ring (bicyclic) bond motifs is 1. The van der Waals surface area contributed by atoms with E-state index in [2.05, 4.69) is 42.2 Å². The highest BCUT2D eigenvalue weighted by Crippen LogP contribution is 2.32. The van der Waals surface area contributed by atoms with Crippen LogP contribution in [0.15, 0.2) is 16.6 Å². The van der Waals surface area contributed by atoms with E-state index in [1.54, 1.807) is 0 Å². The average Bonchev–Trinajstić information content (AvgIpc) is 2.70. The van der Waals surface area contributed by atoms with Gasteiger partial charge in [-0.15, -0.1) is 0 Å². The van der Waals surface area contributed by atoms with Crippen LogP contribution in [0.25, 0.3) is 10.2 Å². The van der Waals surface area contributed by atoms with Crippen LogP contribution in [-0.4, -0.2) is 15.7 Å². The maximum atomic E-state index is 13.2. The number of nitrogens with zero attached hydrogens (tertiary/aromatic N) is 1. The Bertz CT molecular complexity index is 602. The molecular formula is C11H9Br2FN2OS. The minimum Gasteiger partial charge on any atom is -0.301 e. The van der Waals surface area contributed by atoms with E-state index in [9.17, 15) is 9.18 Å². The third-order valence-electron chi connectivity index (χ3n) is 2.29. The van der Waals surface area contributed by atoms with Crippen molar-refractivity contribution in [3.05, 3.63) is 22.4 Å². The maximum Gasteiger partial charge on any atom is 0.239 e. The molecule has 0 aliphatic heterocycles. The summed E-state index contributed by atoms with van der Waals surface area (Å²) in [6.07, 6.45) is 0.690. The molecule has 0 saturated heterocycles. The molecule has 1 amide bonds. The van der Waals surface area contributed by atoms with Gasteiger partial charge in [0.25, 0.3) is 0 Å². The molecule has 3 nitrogen and oxygen atoms in total. The minimum atomic E-state index is -0.331. The summed E-state index contributed by atoms with van der Waals surface area (Å²) in [6, 6.07) is 2.76. The second kappa shape index (κ2) is 5.63. The Morgan fingerprint density at radius 1 is 1.61 bits per heavy atom. The van der Waals surface area contributed by atoms with Gasteiger partial charge in [0.2, 0.25) is 5.91 Å². The Hall–Kier alpha value is -0.530. The quantitative estimate of drug-likeness (QED) is 0.786. The molecule has 0 aliphatic carbocycles. The minimum absolute atomic E-state index is 0.145. The highest BCUT2D eigenvalue weighted by atomic mass is 79.9. The molecule has 1 heterocycles. The first-order valence-electron chi connectivity index (χ1n) is 5.21. The molecule has 0 fully saturated rings. The Balaban J connectivity index is 2.31. The molecule has 1 aromatic carbocycles. The lowest BCUT2D eigenvalue weighted by Gasteiger charge is -2.04. The van der Waals surface area contributed by atoms with Gasteiger partial charge in [0.1, 0.15) is 5.82 Å². The van der Waals surface area contributed by atoms with Crippen molar-refractivity contribution in [3.8, 4) is 0 Å². The van der Waals surface area contributed by atoms with Gasteiger partial charge in [0, 0.05) is 4.47 Å². The Morgan fingerprint density at radius 3 is 3.00 bits per heavy atom. The van der Waals surface area contributed by atoms with Gasteiger partial charge in [0.05, 0.1) is 15.0 Å². The number of rotatable bonds is 3. The third kappa shape index (κ3) is 2.89. The van der Waals surface area contributed by atoms with Crippen LogP contribution in [0.4, 0.5) is 9.52 Å². The molecule has 96 valence electrons. The van der Waals surface area contributed by atoms with Crippen LogP contribution in [0.2, 0.25) is 0 Å². The largest absolute Gasteiger partial charge is 0.301 e. The van der Waals surface area contributed by atoms with Crippen LogP contribution in [0.1, 0.15) is 13.3 Å². The molecule has 1 atom stereocenters. The summed E-state index contributed by atoms with van der Waals surface area (Å²) in [7, 11) is 0. The fourth-order valence-electron chi connectivity index (χ4n) is 1.38. The van der Waals surface area contributed by atoms with Crippen LogP contribution >= 0.6 is 43.2 Å². The van der Waals surface area contributed by atoms with Crippen LogP contribution in [0.5, 0.6) is 0 Å². The molecule has 2 aromatic rings. The van der Waals surface area contributed by atoms with Gasteiger partial charge in [-0.25, -0.2) is 9.37 Å². The number of carbonyl (C=O) groups is 1. The van der Waals surface area contributed by atoms with Gasteiger partial charge < -0.3 is 5.32 Å². The zero-order valence-electron chi connectivity index (χ0n) is 9.34. The van der Waals surface area contributed by atoms with E-state index in [-0.39, 0.29) is 16.6 Å². The fourth-order valence-corrected chi connectivity index (χ4v) is 3.07. The maximum absolute atomic E-state index is 13.2. The van der Waals surface area contributed by atoms with Gasteiger partial charge in [-0.05, 0) is 34.5 Å². The number of benzene rings is 1. The van der Waals surface area contributed by atoms with Crippen molar-refractivity contribution in [2.45, 2.75) is 18.2 Å². The van der Waals surface area contributed by atoms with Gasteiger partial charge in [-0.2, -0.15) is 0 Å². The topological polar surface area (TPSA) is 42.0 Å². The highest BCUT2D eigenvalue weighted by Gasteiger charge is 2.15. The normalized spacial score (nSPS) is 12.7. The smallest absolute Gasteiger partial charge is 0.239 e. The lowest BCUT2D eigenvalue weighted by Crippen LogP contribution is -2.21. The van der Waals surface area contributed by atoms with Crippen molar-refractivity contribution < 1.29 is 9.18 Å². The summed E-state index contributed by atoms with van der Waals surface area (Å²) in [5, 5.41) is 3.18. The first kappa shape index (κ1) is 13.9. The van der Waals surface area contributed by atoms with Gasteiger partial charge in [-0.1, -0.05) is 34.2 Å². The predicted octanol–water partition coefficient (Wildman–Crippen LogP) is 4.31. The van der Waals surface area contributed by atoms with E-state index in [1.165, 1.54) is 23.5 Å². The molecule has 0 unspecified atom stereocenters. The Morgan fingerprint density at radius 2 is 2.33 bits per heavy atom. The molecule has 0 saturated carbocycles. The number of amides is 1. The molecule has 7 heteroatoms. The summed E-state index contributed by atoms with van der Waals surface area (Å²) < 4.78 is 14.5. The molecule has 0 aliphatic rings. The summed E-state index contributed by atoms with van der Waals surface area (Å²) in [5.74, 6) is -0.476. The van der Waals surface area contributed by atoms with Crippen LogP contribution in [0, 0.1) is 5.82 Å². The summed E-state index contributed by atoms with van der Waals surface area (Å²) in [5.41, 5.74) is 0.652. The lowest BCUT2D eigenvalue weighted by atomic mass is 10.3. The monoisotopic (exact) mass is 394 g/mol. The van der Waals surface area contributed by atoms with Crippen molar-refractivity contribution in [1.29, 1.82) is 0 Å². The van der Waals surface area contributed by atoms with Crippen molar-refractivity contribution in [3.63, 3.8) is 0 Å². The lowest BCUT2D eigenvalue weighted by molar-refractivity contribution is -0.115. The van der Waals surface area contributed by atoms with E-state index >= 15 is 0 Å². The fraction of sp³-hybridized carbons (Fsp3) is 0.273. The van der Waals surface area contributed by atoms with E-state index in [4.69, 9.17) is 0 Å². The number of halogens is 3. The number of hydrogen-bond donors (Lipinski definition) is 1. The number of hydrogen-bond acceptors (Lipinski definition) is 3. The highest BCUT2D eigenvalue weighted by molar-refractivity contribution is 9.10. The van der Waals surface area contributed by atoms with E-state index in [0.29, 0.717) is 26.2 Å². The standard InChI is InChI=1S/C11H9Br2FN2OS/c1-2-6(12)10(17)16-11-15-9-7(13)3-5(14)4-8(9)18-11/h3-4,6H,2H2,1H3,(H,15,16,17)/t6-/m1/s1. The van der Waals surface area contributed by atoms with Crippen molar-refractivity contribution in [2.24, 2.45) is 0 Å². The number of alkyl halides is 1. The van der Waals surface area contributed by atoms with Gasteiger partial charge in [0.15, 0.2) is 5.13 Å². The molecule has 0 spiro atoms. The molecule has 2 rings (SSSR count). The van der Waals surface area contributed by atoms with Crippen molar-refractivity contribution >= 4 is 64.5 Å². The molecule has 0 bridgehead atoms. The third-order valence-corrected chi connectivity index (χ3v) is 4.87. The Labute approximate surface area is 124 Å². The number of nitrogens with one attached hydrogen (secondary N) is 1. The number of anilines is 1. The van der Waals surface area contributed by atoms with Crippen LogP contribution < -0.4 is 5.32 Å². The molecular weight excluding hydrogens is 387 g/mol. The number of carbonyl (C=O) groups excluding carboxylic acids is 1. The first-order chi connectivity index (χ1) is 8.51. The second-order valence-electron chi connectivity index (χ2n) is 3.62. The van der Waals surface area contributed by atoms with Crippen LogP contribution in [-0.2, 0) is 4.79 Å². The van der Waals surface area contributed by atoms with Crippen LogP contribution in [0.3, 0.4) is 0 Å². The predicted molar refractivity (Wildman–Crippen MR) is 78.9 cm³/mol. The van der Waals surface area contributed by atoms with E-state index in [0.717, 1.165) is 0 Å². The average molecular weight is 396 g/mol. The first-order valence-corrected chi connectivity index (χ1v) is 7.74. The zero-order valence-corrected chi connectivity index (χ0v) is 13.3. The summed E-state index contributed by atoms with van der Waals surface area (Å²) in [4.78, 5) is 15.7. The molecule has 1 aromatic heterocycles. The number of thiazole rings is 1.